The normalized spacial score (nSPS) is 15.8. The molecule has 408 valence electrons. The number of aryl methyl sites for hydroxylation is 2. The molecule has 1 aromatic carbocycles. The van der Waals surface area contributed by atoms with Crippen molar-refractivity contribution in [3.63, 3.8) is 0 Å². The lowest BCUT2D eigenvalue weighted by Crippen LogP contribution is -2.58. The van der Waals surface area contributed by atoms with Crippen molar-refractivity contribution >= 4 is 52.5 Å². The van der Waals surface area contributed by atoms with Crippen molar-refractivity contribution in [2.45, 2.75) is 105 Å². The molecule has 0 saturated carbocycles. The number of nitrogens with zero attached hydrogens (tertiary/aromatic N) is 9. The van der Waals surface area contributed by atoms with Crippen molar-refractivity contribution in [1.29, 1.82) is 0 Å². The summed E-state index contributed by atoms with van der Waals surface area (Å²) < 4.78 is 18.5. The molecule has 0 aliphatic carbocycles. The lowest BCUT2D eigenvalue weighted by atomic mass is 9.85. The molecule has 7 rings (SSSR count). The van der Waals surface area contributed by atoms with Gasteiger partial charge in [-0.2, -0.15) is 0 Å². The molecule has 5 N–H and O–H groups in total. The van der Waals surface area contributed by atoms with Gasteiger partial charge in [-0.1, -0.05) is 51.1 Å². The summed E-state index contributed by atoms with van der Waals surface area (Å²) in [7, 11) is 1.94. The molecular weight excluding hydrogens is 995 g/mol. The first kappa shape index (κ1) is 57.0. The molecule has 0 bridgehead atoms. The van der Waals surface area contributed by atoms with E-state index in [1.165, 1.54) is 4.90 Å². The number of carbonyl (C=O) groups excluding carboxylic acids is 5. The van der Waals surface area contributed by atoms with E-state index in [2.05, 4.69) is 50.3 Å². The van der Waals surface area contributed by atoms with Gasteiger partial charge in [-0.25, -0.2) is 15.0 Å². The van der Waals surface area contributed by atoms with Gasteiger partial charge in [0.05, 0.1) is 66.4 Å². The zero-order valence-corrected chi connectivity index (χ0v) is 45.4. The maximum absolute atomic E-state index is 14.0. The zero-order valence-electron chi connectivity index (χ0n) is 44.6. The lowest BCUT2D eigenvalue weighted by Gasteiger charge is -2.35. The Balaban J connectivity index is 0.773. The highest BCUT2D eigenvalue weighted by atomic mass is 32.1. The van der Waals surface area contributed by atoms with Gasteiger partial charge in [0.15, 0.2) is 5.82 Å². The average Bonchev–Trinajstić information content (AvgIpc) is 4.23. The van der Waals surface area contributed by atoms with Gasteiger partial charge in [0.25, 0.3) is 5.91 Å². The standard InChI is InChI=1S/C53H71N13O9S/c1-9-64-31-58-62-49(64)40-11-10-12-43(59-40)66-28-39-38(51(66)71)24-44(63(8)33(2)3)60-41(39)26-54-17-18-55-45(68)29-74-21-19-73-20-22-75-30-46(69)61-48(53(5,6)7)52(72)65-27-37(67)23-42(65)50(70)56-25-35-13-15-36(16-14-35)47-34(4)57-32-76-47/h10-16,24,31-33,37,42,48,54,67H,9,17-23,25-30H2,1-8H3,(H,55,68)(H,56,70)(H,61,69)/t37-,42+,48-/m1/s1. The van der Waals surface area contributed by atoms with Crippen LogP contribution in [0.1, 0.15) is 80.8 Å². The molecule has 4 aromatic heterocycles. The third kappa shape index (κ3) is 14.6. The topological polar surface area (TPSA) is 260 Å². The van der Waals surface area contributed by atoms with Crippen LogP contribution in [-0.2, 0) is 59.6 Å². The number of hydrogen-bond donors (Lipinski definition) is 5. The van der Waals surface area contributed by atoms with Crippen LogP contribution in [0.3, 0.4) is 0 Å². The molecule has 0 radical (unpaired) electrons. The maximum atomic E-state index is 14.0. The Hall–Kier alpha value is -6.76. The molecule has 23 heteroatoms. The number of rotatable bonds is 26. The fraction of sp³-hybridized carbons (Fsp3) is 0.509. The van der Waals surface area contributed by atoms with Gasteiger partial charge in [-0.05, 0) is 62.4 Å². The monoisotopic (exact) mass is 1070 g/mol. The summed E-state index contributed by atoms with van der Waals surface area (Å²) in [6, 6.07) is 13.4. The number of carbonyl (C=O) groups is 5. The average molecular weight is 1070 g/mol. The molecule has 2 aliphatic rings. The van der Waals surface area contributed by atoms with Crippen molar-refractivity contribution in [3.05, 3.63) is 88.4 Å². The number of benzene rings is 1. The van der Waals surface area contributed by atoms with Gasteiger partial charge >= 0.3 is 0 Å². The molecule has 22 nitrogen and oxygen atoms in total. The van der Waals surface area contributed by atoms with Gasteiger partial charge in [0.2, 0.25) is 23.6 Å². The van der Waals surface area contributed by atoms with E-state index < -0.39 is 35.4 Å². The predicted molar refractivity (Wildman–Crippen MR) is 286 cm³/mol. The number of β-amino-alcohol motifs (C(OH)–C–C–N with tert-alkyl or cyclic N) is 1. The van der Waals surface area contributed by atoms with Crippen LogP contribution < -0.4 is 31.1 Å². The number of aliphatic hydroxyl groups is 1. The number of aromatic nitrogens is 6. The van der Waals surface area contributed by atoms with Crippen LogP contribution >= 0.6 is 11.3 Å². The third-order valence-corrected chi connectivity index (χ3v) is 14.1. The Bertz CT molecular complexity index is 2800. The first-order valence-corrected chi connectivity index (χ1v) is 26.5. The second-order valence-electron chi connectivity index (χ2n) is 20.1. The van der Waals surface area contributed by atoms with Crippen molar-refractivity contribution in [1.82, 2.24) is 55.9 Å². The van der Waals surface area contributed by atoms with Crippen LogP contribution in [0.5, 0.6) is 0 Å². The fourth-order valence-electron chi connectivity index (χ4n) is 8.71. The number of anilines is 2. The Morgan fingerprint density at radius 3 is 2.34 bits per heavy atom. The quantitative estimate of drug-likeness (QED) is 0.0498. The van der Waals surface area contributed by atoms with Crippen LogP contribution in [0, 0.1) is 12.3 Å². The number of amides is 5. The number of fused-ring (bicyclic) bond motifs is 1. The number of thiazole rings is 1. The molecule has 1 saturated heterocycles. The van der Waals surface area contributed by atoms with E-state index >= 15 is 0 Å². The molecule has 0 spiro atoms. The highest BCUT2D eigenvalue weighted by Crippen LogP contribution is 2.33. The second kappa shape index (κ2) is 26.3. The number of aliphatic hydroxyl groups excluding tert-OH is 1. The van der Waals surface area contributed by atoms with E-state index in [0.29, 0.717) is 61.4 Å². The summed E-state index contributed by atoms with van der Waals surface area (Å²) in [5.74, 6) is -0.0317. The highest BCUT2D eigenvalue weighted by molar-refractivity contribution is 7.13. The summed E-state index contributed by atoms with van der Waals surface area (Å²) in [4.78, 5) is 87.1. The van der Waals surface area contributed by atoms with Crippen molar-refractivity contribution < 1.29 is 43.3 Å². The molecule has 76 heavy (non-hydrogen) atoms. The van der Waals surface area contributed by atoms with Crippen molar-refractivity contribution in [3.8, 4) is 22.0 Å². The van der Waals surface area contributed by atoms with Crippen LogP contribution in [-0.4, -0.2) is 160 Å². The minimum Gasteiger partial charge on any atom is -0.391 e. The van der Waals surface area contributed by atoms with Crippen molar-refractivity contribution in [2.75, 3.05) is 76.1 Å². The Labute approximate surface area is 447 Å². The third-order valence-electron chi connectivity index (χ3n) is 13.2. The van der Waals surface area contributed by atoms with Crippen LogP contribution in [0.4, 0.5) is 11.6 Å². The van der Waals surface area contributed by atoms with E-state index in [4.69, 9.17) is 24.2 Å². The summed E-state index contributed by atoms with van der Waals surface area (Å²) in [5.41, 5.74) is 6.68. The van der Waals surface area contributed by atoms with E-state index in [9.17, 15) is 29.1 Å². The van der Waals surface area contributed by atoms with E-state index in [-0.39, 0.29) is 82.9 Å². The van der Waals surface area contributed by atoms with Crippen LogP contribution in [0.2, 0.25) is 0 Å². The van der Waals surface area contributed by atoms with Gasteiger partial charge < -0.3 is 55.0 Å². The minimum atomic E-state index is -0.998. The fourth-order valence-corrected chi connectivity index (χ4v) is 9.52. The number of hydrogen-bond acceptors (Lipinski definition) is 17. The molecule has 5 aromatic rings. The molecule has 2 aliphatic heterocycles. The van der Waals surface area contributed by atoms with Gasteiger partial charge in [0.1, 0.15) is 49.0 Å². The smallest absolute Gasteiger partial charge is 0.260 e. The first-order chi connectivity index (χ1) is 36.4. The molecule has 5 amide bonds. The number of ether oxygens (including phenoxy) is 3. The van der Waals surface area contributed by atoms with Gasteiger partial charge in [0, 0.05) is 64.3 Å². The predicted octanol–water partition coefficient (Wildman–Crippen LogP) is 3.26. The van der Waals surface area contributed by atoms with E-state index in [0.717, 1.165) is 33.0 Å². The zero-order chi connectivity index (χ0) is 54.5. The maximum Gasteiger partial charge on any atom is 0.260 e. The Morgan fingerprint density at radius 2 is 1.66 bits per heavy atom. The Morgan fingerprint density at radius 1 is 0.934 bits per heavy atom. The van der Waals surface area contributed by atoms with Crippen LogP contribution in [0.25, 0.3) is 22.0 Å². The lowest BCUT2D eigenvalue weighted by molar-refractivity contribution is -0.144. The summed E-state index contributed by atoms with van der Waals surface area (Å²) in [6.45, 7) is 15.9. The van der Waals surface area contributed by atoms with Gasteiger partial charge in [-0.3, -0.25) is 28.9 Å². The summed E-state index contributed by atoms with van der Waals surface area (Å²) in [6.07, 6.45) is 0.836. The number of nitrogens with one attached hydrogen (secondary N) is 4. The van der Waals surface area contributed by atoms with Crippen molar-refractivity contribution in [2.24, 2.45) is 5.41 Å². The second-order valence-corrected chi connectivity index (χ2v) is 20.9. The molecule has 3 atom stereocenters. The first-order valence-electron chi connectivity index (χ1n) is 25.6. The molecule has 6 heterocycles. The molecule has 1 fully saturated rings. The highest BCUT2D eigenvalue weighted by Gasteiger charge is 2.44. The molecular formula is C53H71N13O9S. The minimum absolute atomic E-state index is 0.0381. The number of pyridine rings is 2. The summed E-state index contributed by atoms with van der Waals surface area (Å²) in [5, 5.41) is 30.7. The SMILES string of the molecule is CCn1cnnc1-c1cccc(N2Cc3c(cc(N(C)C(C)C)nc3CNCCNC(=O)COCCOCCOCC(=O)N[C@H](C(=O)N3C[C@H](O)C[C@H]3C(=O)NCc3ccc(-c4scnc4C)cc3)C(C)(C)C)C2=O)n1. The van der Waals surface area contributed by atoms with Crippen LogP contribution in [0.15, 0.2) is 60.4 Å². The Kier molecular flexibility index (Phi) is 19.7. The summed E-state index contributed by atoms with van der Waals surface area (Å²) >= 11 is 1.56. The molecule has 0 unspecified atom stereocenters. The van der Waals surface area contributed by atoms with Gasteiger partial charge in [-0.15, -0.1) is 21.5 Å². The largest absolute Gasteiger partial charge is 0.391 e. The van der Waals surface area contributed by atoms with E-state index in [1.54, 1.807) is 34.1 Å². The van der Waals surface area contributed by atoms with E-state index in [1.807, 2.05) is 93.6 Å². The number of likely N-dealkylation sites (tertiary alicyclic amines) is 1.